The van der Waals surface area contributed by atoms with Crippen LogP contribution >= 0.6 is 0 Å². The van der Waals surface area contributed by atoms with Crippen LogP contribution in [0.5, 0.6) is 11.5 Å². The minimum absolute atomic E-state index is 0.676. The van der Waals surface area contributed by atoms with Crippen molar-refractivity contribution < 1.29 is 9.47 Å². The van der Waals surface area contributed by atoms with E-state index < -0.39 is 0 Å². The summed E-state index contributed by atoms with van der Waals surface area (Å²) in [7, 11) is 1.62. The Bertz CT molecular complexity index is 429. The van der Waals surface area contributed by atoms with E-state index >= 15 is 0 Å². The highest BCUT2D eigenvalue weighted by atomic mass is 16.5. The Hall–Kier alpha value is -1.75. The molecular weight excluding hydrogens is 242 g/mol. The molecule has 0 atom stereocenters. The number of hydrogen-bond donors (Lipinski definition) is 1. The van der Waals surface area contributed by atoms with Crippen molar-refractivity contribution in [1.29, 1.82) is 0 Å². The minimum Gasteiger partial charge on any atom is -0.493 e. The highest BCUT2D eigenvalue weighted by molar-refractivity contribution is 5.61. The Morgan fingerprint density at radius 3 is 2.79 bits per heavy atom. The number of nitrogens with zero attached hydrogens (tertiary/aromatic N) is 2. The Kier molecular flexibility index (Phi) is 5.03. The number of ether oxygens (including phenoxy) is 2. The van der Waals surface area contributed by atoms with Gasteiger partial charge in [0.1, 0.15) is 6.61 Å². The highest BCUT2D eigenvalue weighted by Gasteiger charge is 2.11. The predicted octanol–water partition coefficient (Wildman–Crippen LogP) is 1.79. The maximum Gasteiger partial charge on any atom is 0.162 e. The molecule has 2 N–H and O–H groups in total. The van der Waals surface area contributed by atoms with Gasteiger partial charge in [0.25, 0.3) is 0 Å². The second kappa shape index (κ2) is 6.99. The molecule has 0 amide bonds. The molecule has 0 aromatic heterocycles. The molecule has 5 heteroatoms. The Labute approximate surface area is 114 Å². The number of methoxy groups -OCH3 is 1. The first kappa shape index (κ1) is 13.7. The molecule has 0 unspecified atom stereocenters. The molecule has 19 heavy (non-hydrogen) atoms. The summed E-state index contributed by atoms with van der Waals surface area (Å²) in [5.74, 6) is 1.43. The van der Waals surface area contributed by atoms with Crippen LogP contribution in [0.4, 0.5) is 5.69 Å². The van der Waals surface area contributed by atoms with E-state index in [9.17, 15) is 0 Å². The third-order valence-electron chi connectivity index (χ3n) is 3.23. The normalized spacial score (nSPS) is 16.1. The van der Waals surface area contributed by atoms with Crippen molar-refractivity contribution in [3.8, 4) is 11.5 Å². The van der Waals surface area contributed by atoms with Crippen LogP contribution in [-0.4, -0.2) is 44.6 Å². The summed E-state index contributed by atoms with van der Waals surface area (Å²) in [6, 6.07) is 5.54. The molecule has 0 bridgehead atoms. The predicted molar refractivity (Wildman–Crippen MR) is 76.5 cm³/mol. The molecule has 0 radical (unpaired) electrons. The highest BCUT2D eigenvalue weighted by Crippen LogP contribution is 2.31. The average Bonchev–Trinajstić information content (AvgIpc) is 2.93. The average molecular weight is 263 g/mol. The van der Waals surface area contributed by atoms with Gasteiger partial charge in [-0.15, -0.1) is 0 Å². The smallest absolute Gasteiger partial charge is 0.162 e. The van der Waals surface area contributed by atoms with Crippen molar-refractivity contribution in [2.24, 2.45) is 10.7 Å². The van der Waals surface area contributed by atoms with Crippen LogP contribution in [0.2, 0.25) is 0 Å². The summed E-state index contributed by atoms with van der Waals surface area (Å²) in [5, 5.41) is 0. The van der Waals surface area contributed by atoms with Crippen molar-refractivity contribution >= 4 is 12.0 Å². The molecule has 1 saturated heterocycles. The molecule has 0 spiro atoms. The van der Waals surface area contributed by atoms with Gasteiger partial charge in [-0.3, -0.25) is 4.90 Å². The Balaban J connectivity index is 1.91. The maximum atomic E-state index is 5.77. The van der Waals surface area contributed by atoms with Gasteiger partial charge in [0.2, 0.25) is 0 Å². The van der Waals surface area contributed by atoms with E-state index in [1.165, 1.54) is 32.3 Å². The number of nitrogens with two attached hydrogens (primary N) is 1. The molecule has 104 valence electrons. The molecular formula is C14H21N3O2. The van der Waals surface area contributed by atoms with Gasteiger partial charge in [-0.25, -0.2) is 4.99 Å². The van der Waals surface area contributed by atoms with Gasteiger partial charge in [0.05, 0.1) is 19.1 Å². The summed E-state index contributed by atoms with van der Waals surface area (Å²) in [6.45, 7) is 4.01. The van der Waals surface area contributed by atoms with Crippen LogP contribution in [-0.2, 0) is 0 Å². The summed E-state index contributed by atoms with van der Waals surface area (Å²) < 4.78 is 11.1. The van der Waals surface area contributed by atoms with Gasteiger partial charge in [0, 0.05) is 12.6 Å². The molecule has 0 saturated carbocycles. The SMILES string of the molecule is COc1cc(N=CN)ccc1OCCN1CCCC1. The molecule has 0 aliphatic carbocycles. The van der Waals surface area contributed by atoms with Crippen LogP contribution in [0.3, 0.4) is 0 Å². The van der Waals surface area contributed by atoms with E-state index in [4.69, 9.17) is 15.2 Å². The van der Waals surface area contributed by atoms with Crippen molar-refractivity contribution in [3.63, 3.8) is 0 Å². The fourth-order valence-electron chi connectivity index (χ4n) is 2.23. The lowest BCUT2D eigenvalue weighted by molar-refractivity contribution is 0.230. The number of hydrogen-bond acceptors (Lipinski definition) is 4. The van der Waals surface area contributed by atoms with Gasteiger partial charge in [-0.05, 0) is 38.1 Å². The van der Waals surface area contributed by atoms with Gasteiger partial charge < -0.3 is 15.2 Å². The zero-order valence-corrected chi connectivity index (χ0v) is 11.3. The Morgan fingerprint density at radius 1 is 1.32 bits per heavy atom. The van der Waals surface area contributed by atoms with E-state index in [0.717, 1.165) is 18.0 Å². The largest absolute Gasteiger partial charge is 0.493 e. The van der Waals surface area contributed by atoms with Crippen molar-refractivity contribution in [2.75, 3.05) is 33.4 Å². The van der Waals surface area contributed by atoms with E-state index in [1.807, 2.05) is 18.2 Å². The molecule has 1 aliphatic heterocycles. The first-order chi connectivity index (χ1) is 9.33. The monoisotopic (exact) mass is 263 g/mol. The topological polar surface area (TPSA) is 60.1 Å². The zero-order valence-electron chi connectivity index (χ0n) is 11.3. The van der Waals surface area contributed by atoms with Gasteiger partial charge in [-0.2, -0.15) is 0 Å². The first-order valence-corrected chi connectivity index (χ1v) is 6.61. The fourth-order valence-corrected chi connectivity index (χ4v) is 2.23. The standard InChI is InChI=1S/C14H21N3O2/c1-18-14-10-12(16-11-15)4-5-13(14)19-9-8-17-6-2-3-7-17/h4-5,10-11H,2-3,6-9H2,1H3,(H2,15,16). The summed E-state index contributed by atoms with van der Waals surface area (Å²) in [6.07, 6.45) is 3.87. The van der Waals surface area contributed by atoms with E-state index in [0.29, 0.717) is 12.4 Å². The molecule has 1 fully saturated rings. The first-order valence-electron chi connectivity index (χ1n) is 6.61. The molecule has 1 heterocycles. The maximum absolute atomic E-state index is 5.77. The zero-order chi connectivity index (χ0) is 13.5. The number of benzene rings is 1. The second-order valence-electron chi connectivity index (χ2n) is 4.51. The quantitative estimate of drug-likeness (QED) is 0.628. The summed E-state index contributed by atoms with van der Waals surface area (Å²) in [5.41, 5.74) is 6.03. The van der Waals surface area contributed by atoms with Gasteiger partial charge >= 0.3 is 0 Å². The lowest BCUT2D eigenvalue weighted by Crippen LogP contribution is -2.25. The summed E-state index contributed by atoms with van der Waals surface area (Å²) in [4.78, 5) is 6.42. The lowest BCUT2D eigenvalue weighted by atomic mass is 10.3. The van der Waals surface area contributed by atoms with Crippen LogP contribution in [0, 0.1) is 0 Å². The van der Waals surface area contributed by atoms with Gasteiger partial charge in [-0.1, -0.05) is 0 Å². The van der Waals surface area contributed by atoms with Crippen LogP contribution in [0.25, 0.3) is 0 Å². The minimum atomic E-state index is 0.676. The lowest BCUT2D eigenvalue weighted by Gasteiger charge is -2.16. The molecule has 1 aromatic carbocycles. The van der Waals surface area contributed by atoms with Crippen molar-refractivity contribution in [3.05, 3.63) is 18.2 Å². The Morgan fingerprint density at radius 2 is 2.11 bits per heavy atom. The molecule has 5 nitrogen and oxygen atoms in total. The third-order valence-corrected chi connectivity index (χ3v) is 3.23. The third kappa shape index (κ3) is 3.86. The van der Waals surface area contributed by atoms with E-state index in [1.54, 1.807) is 7.11 Å². The number of rotatable bonds is 6. The fraction of sp³-hybridized carbons (Fsp3) is 0.500. The number of likely N-dealkylation sites (tertiary alicyclic amines) is 1. The van der Waals surface area contributed by atoms with Crippen molar-refractivity contribution in [2.45, 2.75) is 12.8 Å². The number of aliphatic imine (C=N–C) groups is 1. The molecule has 2 rings (SSSR count). The summed E-state index contributed by atoms with van der Waals surface area (Å²) >= 11 is 0. The van der Waals surface area contributed by atoms with Crippen molar-refractivity contribution in [1.82, 2.24) is 4.90 Å². The van der Waals surface area contributed by atoms with Crippen LogP contribution in [0.15, 0.2) is 23.2 Å². The van der Waals surface area contributed by atoms with Gasteiger partial charge in [0.15, 0.2) is 11.5 Å². The van der Waals surface area contributed by atoms with E-state index in [2.05, 4.69) is 9.89 Å². The van der Waals surface area contributed by atoms with Crippen LogP contribution < -0.4 is 15.2 Å². The van der Waals surface area contributed by atoms with E-state index in [-0.39, 0.29) is 0 Å². The van der Waals surface area contributed by atoms with Crippen LogP contribution in [0.1, 0.15) is 12.8 Å². The molecule has 1 aromatic rings. The molecule has 1 aliphatic rings. The second-order valence-corrected chi connectivity index (χ2v) is 4.51.